The Kier molecular flexibility index (Phi) is 7.50. The lowest BCUT2D eigenvalue weighted by Gasteiger charge is -2.31. The van der Waals surface area contributed by atoms with Gasteiger partial charge in [0, 0.05) is 6.04 Å². The second kappa shape index (κ2) is 10.5. The number of amides is 4. The van der Waals surface area contributed by atoms with E-state index in [1.54, 1.807) is 24.3 Å². The predicted molar refractivity (Wildman–Crippen MR) is 132 cm³/mol. The van der Waals surface area contributed by atoms with Gasteiger partial charge in [0.25, 0.3) is 11.8 Å². The second-order valence-corrected chi connectivity index (χ2v) is 9.27. The normalized spacial score (nSPS) is 17.9. The van der Waals surface area contributed by atoms with E-state index in [2.05, 4.69) is 27.9 Å². The van der Waals surface area contributed by atoms with E-state index in [4.69, 9.17) is 9.47 Å². The molecular weight excluding hydrogens is 554 g/mol. The molecule has 0 unspecified atom stereocenters. The Labute approximate surface area is 210 Å². The van der Waals surface area contributed by atoms with Gasteiger partial charge in [0.05, 0.1) is 10.2 Å². The molecule has 0 radical (unpaired) electrons. The molecule has 0 bridgehead atoms. The lowest BCUT2D eigenvalue weighted by atomic mass is 10.0. The number of imide groups is 2. The molecule has 1 N–H and O–H groups in total. The molecule has 9 heteroatoms. The highest BCUT2D eigenvalue weighted by atomic mass is 127. The van der Waals surface area contributed by atoms with Crippen molar-refractivity contribution in [3.63, 3.8) is 0 Å². The van der Waals surface area contributed by atoms with Crippen molar-refractivity contribution >= 4 is 46.5 Å². The first-order valence-corrected chi connectivity index (χ1v) is 12.2. The minimum atomic E-state index is -0.719. The summed E-state index contributed by atoms with van der Waals surface area (Å²) in [6.45, 7) is 2.35. The molecule has 178 valence electrons. The van der Waals surface area contributed by atoms with E-state index in [1.807, 2.05) is 6.92 Å². The van der Waals surface area contributed by atoms with Crippen LogP contribution in [0.1, 0.15) is 43.7 Å². The molecule has 1 saturated heterocycles. The monoisotopic (exact) mass is 578 g/mol. The summed E-state index contributed by atoms with van der Waals surface area (Å²) in [5.74, 6) is -0.729. The average Bonchev–Trinajstić information content (AvgIpc) is 3.30. The Hall–Kier alpha value is -2.95. The van der Waals surface area contributed by atoms with Gasteiger partial charge in [-0.25, -0.2) is 9.18 Å². The smallest absolute Gasteiger partial charge is 0.331 e. The van der Waals surface area contributed by atoms with Gasteiger partial charge in [0.15, 0.2) is 11.5 Å². The number of nitrogens with zero attached hydrogens (tertiary/aromatic N) is 1. The van der Waals surface area contributed by atoms with Crippen LogP contribution in [0.15, 0.2) is 42.0 Å². The average molecular weight is 578 g/mol. The van der Waals surface area contributed by atoms with Gasteiger partial charge < -0.3 is 9.47 Å². The first-order valence-electron chi connectivity index (χ1n) is 11.1. The number of carbonyl (C=O) groups excluding carboxylic acids is 3. The first kappa shape index (κ1) is 24.2. The van der Waals surface area contributed by atoms with Gasteiger partial charge in [-0.3, -0.25) is 19.8 Å². The third-order valence-electron chi connectivity index (χ3n) is 5.74. The number of carbonyl (C=O) groups is 3. The number of halogens is 2. The van der Waals surface area contributed by atoms with Gasteiger partial charge in [-0.15, -0.1) is 0 Å². The Morgan fingerprint density at radius 2 is 1.91 bits per heavy atom. The van der Waals surface area contributed by atoms with Gasteiger partial charge >= 0.3 is 6.03 Å². The third kappa shape index (κ3) is 5.24. The van der Waals surface area contributed by atoms with Crippen LogP contribution in [-0.4, -0.2) is 35.4 Å². The van der Waals surface area contributed by atoms with Crippen molar-refractivity contribution < 1.29 is 28.2 Å². The minimum absolute atomic E-state index is 0.0989. The number of rotatable bonds is 7. The van der Waals surface area contributed by atoms with Crippen LogP contribution in [0.2, 0.25) is 0 Å². The van der Waals surface area contributed by atoms with E-state index >= 15 is 0 Å². The van der Waals surface area contributed by atoms with Crippen molar-refractivity contribution in [3.8, 4) is 11.5 Å². The quantitative estimate of drug-likeness (QED) is 0.290. The molecule has 2 fully saturated rings. The van der Waals surface area contributed by atoms with Crippen molar-refractivity contribution in [2.45, 2.75) is 45.3 Å². The molecule has 2 aromatic carbocycles. The SMILES string of the molecule is CCOc1cc(/C=C2\C(=O)NC(=O)N(C3CCCC3)C2=O)cc(I)c1OCc1cccc(F)c1. The molecule has 0 atom stereocenters. The molecule has 34 heavy (non-hydrogen) atoms. The maximum Gasteiger partial charge on any atom is 0.331 e. The fraction of sp³-hybridized carbons (Fsp3) is 0.320. The van der Waals surface area contributed by atoms with E-state index in [1.165, 1.54) is 23.1 Å². The molecular formula is C25H24FIN2O5. The highest BCUT2D eigenvalue weighted by molar-refractivity contribution is 14.1. The number of urea groups is 1. The first-order chi connectivity index (χ1) is 16.4. The molecule has 2 aromatic rings. The summed E-state index contributed by atoms with van der Waals surface area (Å²) in [6.07, 6.45) is 4.84. The molecule has 1 aliphatic heterocycles. The van der Waals surface area contributed by atoms with E-state index in [0.717, 1.165) is 25.7 Å². The van der Waals surface area contributed by atoms with E-state index in [9.17, 15) is 18.8 Å². The lowest BCUT2D eigenvalue weighted by Crippen LogP contribution is -2.57. The molecule has 0 spiro atoms. The fourth-order valence-corrected chi connectivity index (χ4v) is 4.97. The Balaban J connectivity index is 1.62. The summed E-state index contributed by atoms with van der Waals surface area (Å²) in [7, 11) is 0. The number of ether oxygens (including phenoxy) is 2. The fourth-order valence-electron chi connectivity index (χ4n) is 4.19. The molecule has 4 amide bonds. The highest BCUT2D eigenvalue weighted by Crippen LogP contribution is 2.36. The summed E-state index contributed by atoms with van der Waals surface area (Å²) in [5, 5.41) is 2.29. The van der Waals surface area contributed by atoms with Crippen molar-refractivity contribution in [2.75, 3.05) is 6.61 Å². The van der Waals surface area contributed by atoms with E-state index in [0.29, 0.717) is 32.8 Å². The van der Waals surface area contributed by atoms with Crippen LogP contribution in [0.25, 0.3) is 6.08 Å². The van der Waals surface area contributed by atoms with Crippen LogP contribution in [-0.2, 0) is 16.2 Å². The zero-order chi connectivity index (χ0) is 24.2. The summed E-state index contributed by atoms with van der Waals surface area (Å²) >= 11 is 2.09. The van der Waals surface area contributed by atoms with Gasteiger partial charge in [0.1, 0.15) is 18.0 Å². The van der Waals surface area contributed by atoms with Crippen molar-refractivity contribution in [2.24, 2.45) is 0 Å². The van der Waals surface area contributed by atoms with Crippen molar-refractivity contribution in [3.05, 3.63) is 62.5 Å². The van der Waals surface area contributed by atoms with Crippen LogP contribution >= 0.6 is 22.6 Å². The summed E-state index contributed by atoms with van der Waals surface area (Å²) < 4.78 is 25.9. The number of nitrogens with one attached hydrogen (secondary N) is 1. The zero-order valence-electron chi connectivity index (χ0n) is 18.6. The van der Waals surface area contributed by atoms with Crippen molar-refractivity contribution in [1.82, 2.24) is 10.2 Å². The maximum absolute atomic E-state index is 13.5. The van der Waals surface area contributed by atoms with Crippen LogP contribution in [0.4, 0.5) is 9.18 Å². The second-order valence-electron chi connectivity index (χ2n) is 8.11. The predicted octanol–water partition coefficient (Wildman–Crippen LogP) is 4.81. The molecule has 7 nitrogen and oxygen atoms in total. The van der Waals surface area contributed by atoms with E-state index in [-0.39, 0.29) is 24.0 Å². The highest BCUT2D eigenvalue weighted by Gasteiger charge is 2.40. The Morgan fingerprint density at radius 3 is 2.62 bits per heavy atom. The van der Waals surface area contributed by atoms with Gasteiger partial charge in [0.2, 0.25) is 0 Å². The van der Waals surface area contributed by atoms with E-state index < -0.39 is 17.8 Å². The van der Waals surface area contributed by atoms with Gasteiger partial charge in [-0.2, -0.15) is 0 Å². The van der Waals surface area contributed by atoms with Crippen LogP contribution < -0.4 is 14.8 Å². The Morgan fingerprint density at radius 1 is 1.15 bits per heavy atom. The lowest BCUT2D eigenvalue weighted by molar-refractivity contribution is -0.131. The molecule has 0 aromatic heterocycles. The molecule has 2 aliphatic rings. The molecule has 1 aliphatic carbocycles. The Bertz CT molecular complexity index is 1160. The largest absolute Gasteiger partial charge is 0.490 e. The van der Waals surface area contributed by atoms with Gasteiger partial charge in [-0.1, -0.05) is 25.0 Å². The van der Waals surface area contributed by atoms with Crippen LogP contribution in [0, 0.1) is 9.39 Å². The molecule has 1 saturated carbocycles. The third-order valence-corrected chi connectivity index (χ3v) is 6.54. The standard InChI is InChI=1S/C25H24FIN2O5/c1-2-33-21-13-16(12-20(27)22(21)34-14-15-6-5-7-17(26)10-15)11-19-23(30)28-25(32)29(24(19)31)18-8-3-4-9-18/h5-7,10-13,18H,2-4,8-9,14H2,1H3,(H,28,30,32)/b19-11+. The molecule has 1 heterocycles. The van der Waals surface area contributed by atoms with Gasteiger partial charge in [-0.05, 0) is 83.8 Å². The summed E-state index contributed by atoms with van der Waals surface area (Å²) in [4.78, 5) is 39.1. The molecule has 4 rings (SSSR count). The number of benzene rings is 2. The number of hydrogen-bond acceptors (Lipinski definition) is 5. The minimum Gasteiger partial charge on any atom is -0.490 e. The zero-order valence-corrected chi connectivity index (χ0v) is 20.8. The topological polar surface area (TPSA) is 84.9 Å². The maximum atomic E-state index is 13.5. The number of hydrogen-bond donors (Lipinski definition) is 1. The summed E-state index contributed by atoms with van der Waals surface area (Å²) in [6, 6.07) is 8.72. The van der Waals surface area contributed by atoms with Crippen molar-refractivity contribution in [1.29, 1.82) is 0 Å². The summed E-state index contributed by atoms with van der Waals surface area (Å²) in [5.41, 5.74) is 1.13. The van der Waals surface area contributed by atoms with Crippen LogP contribution in [0.5, 0.6) is 11.5 Å². The van der Waals surface area contributed by atoms with Crippen LogP contribution in [0.3, 0.4) is 0 Å². The number of barbiturate groups is 1.